The zero-order chi connectivity index (χ0) is 26.6. The van der Waals surface area contributed by atoms with Crippen LogP contribution in [0, 0.1) is 5.82 Å². The van der Waals surface area contributed by atoms with Gasteiger partial charge in [0.25, 0.3) is 6.43 Å². The van der Waals surface area contributed by atoms with E-state index in [0.717, 1.165) is 16.8 Å². The Morgan fingerprint density at radius 1 is 1.03 bits per heavy atom. The molecule has 3 heterocycles. The van der Waals surface area contributed by atoms with E-state index in [-0.39, 0.29) is 18.7 Å². The summed E-state index contributed by atoms with van der Waals surface area (Å²) < 4.78 is 53.2. The lowest BCUT2D eigenvalue weighted by Crippen LogP contribution is -2.42. The van der Waals surface area contributed by atoms with Crippen LogP contribution in [0.3, 0.4) is 0 Å². The average molecular weight is 538 g/mol. The lowest BCUT2D eigenvalue weighted by Gasteiger charge is -2.37. The first kappa shape index (κ1) is 25.8. The molecule has 5 rings (SSSR count). The number of anilines is 1. The maximum Gasteiger partial charge on any atom is 0.278 e. The van der Waals surface area contributed by atoms with E-state index >= 15 is 4.39 Å². The van der Waals surface area contributed by atoms with E-state index in [1.807, 2.05) is 41.3 Å². The van der Waals surface area contributed by atoms with Crippen molar-refractivity contribution in [2.45, 2.75) is 19.4 Å². The Hall–Kier alpha value is -3.79. The van der Waals surface area contributed by atoms with Gasteiger partial charge in [-0.2, -0.15) is 10.2 Å². The standard InChI is InChI=1S/C28H26F3N5OS/c1-19(35-10-12-38(37)13-11-35)36(24-6-2-4-20(14-24)22-5-3-9-32-17-22)18-23-8-7-21(15-25(23)29)26-16-27(28(30)31)34-33-26/h2-9,14-15,17,28H,1,10-13,16,18H2. The Morgan fingerprint density at radius 2 is 1.82 bits per heavy atom. The van der Waals surface area contributed by atoms with Crippen molar-refractivity contribution in [3.63, 3.8) is 0 Å². The molecule has 196 valence electrons. The number of alkyl halides is 2. The topological polar surface area (TPSA) is 61.2 Å². The molecular formula is C28H26F3N5OS. The summed E-state index contributed by atoms with van der Waals surface area (Å²) in [5.41, 5.74) is 3.57. The number of nitrogens with zero attached hydrogens (tertiary/aromatic N) is 5. The molecule has 10 heteroatoms. The molecule has 6 nitrogen and oxygen atoms in total. The maximum atomic E-state index is 15.4. The lowest BCUT2D eigenvalue weighted by atomic mass is 10.0. The molecule has 0 aliphatic carbocycles. The molecule has 0 saturated carbocycles. The van der Waals surface area contributed by atoms with Gasteiger partial charge in [0.2, 0.25) is 0 Å². The molecule has 1 fully saturated rings. The molecule has 0 bridgehead atoms. The molecule has 1 aromatic heterocycles. The van der Waals surface area contributed by atoms with Gasteiger partial charge in [-0.15, -0.1) is 0 Å². The van der Waals surface area contributed by atoms with Crippen molar-refractivity contribution in [2.24, 2.45) is 10.2 Å². The zero-order valence-electron chi connectivity index (χ0n) is 20.6. The van der Waals surface area contributed by atoms with Crippen LogP contribution in [0.1, 0.15) is 17.5 Å². The second-order valence-corrected chi connectivity index (χ2v) is 10.7. The fourth-order valence-electron chi connectivity index (χ4n) is 4.46. The predicted octanol–water partition coefficient (Wildman–Crippen LogP) is 5.24. The predicted molar refractivity (Wildman–Crippen MR) is 145 cm³/mol. The van der Waals surface area contributed by atoms with Crippen molar-refractivity contribution in [3.05, 3.63) is 96.3 Å². The van der Waals surface area contributed by atoms with Gasteiger partial charge in [-0.3, -0.25) is 9.19 Å². The number of hydrogen-bond donors (Lipinski definition) is 0. The average Bonchev–Trinajstić information content (AvgIpc) is 3.44. The van der Waals surface area contributed by atoms with E-state index in [9.17, 15) is 13.0 Å². The van der Waals surface area contributed by atoms with Crippen LogP contribution in [-0.2, 0) is 17.3 Å². The van der Waals surface area contributed by atoms with E-state index in [0.29, 0.717) is 47.3 Å². The first-order chi connectivity index (χ1) is 18.4. The molecular weight excluding hydrogens is 511 g/mol. The fourth-order valence-corrected chi connectivity index (χ4v) is 5.51. The number of pyridine rings is 1. The third-order valence-corrected chi connectivity index (χ3v) is 7.90. The summed E-state index contributed by atoms with van der Waals surface area (Å²) in [6, 6.07) is 16.3. The largest absolute Gasteiger partial charge is 0.357 e. The molecule has 2 aliphatic heterocycles. The minimum absolute atomic E-state index is 0.100. The van der Waals surface area contributed by atoms with Crippen LogP contribution in [-0.4, -0.2) is 56.5 Å². The first-order valence-corrected chi connectivity index (χ1v) is 13.6. The summed E-state index contributed by atoms with van der Waals surface area (Å²) in [7, 11) is -0.851. The first-order valence-electron chi connectivity index (χ1n) is 12.2. The summed E-state index contributed by atoms with van der Waals surface area (Å²) in [6.45, 7) is 5.70. The SMILES string of the molecule is C=C(N1CCS(=O)CC1)N(Cc1ccc(C2=NN=C(C(F)F)C2)cc1F)c1cccc(-c2cccnc2)c1. The Kier molecular flexibility index (Phi) is 7.69. The smallest absolute Gasteiger partial charge is 0.278 e. The van der Waals surface area contributed by atoms with Crippen molar-refractivity contribution in [1.82, 2.24) is 9.88 Å². The van der Waals surface area contributed by atoms with Gasteiger partial charge in [0.1, 0.15) is 17.3 Å². The molecule has 0 N–H and O–H groups in total. The third kappa shape index (κ3) is 5.70. The van der Waals surface area contributed by atoms with Crippen LogP contribution in [0.15, 0.2) is 89.6 Å². The van der Waals surface area contributed by atoms with Gasteiger partial charge in [0.05, 0.1) is 12.3 Å². The van der Waals surface area contributed by atoms with Crippen molar-refractivity contribution in [3.8, 4) is 11.1 Å². The molecule has 38 heavy (non-hydrogen) atoms. The molecule has 3 aromatic rings. The summed E-state index contributed by atoms with van der Waals surface area (Å²) in [5, 5.41) is 7.35. The highest BCUT2D eigenvalue weighted by Gasteiger charge is 2.25. The van der Waals surface area contributed by atoms with Gasteiger partial charge >= 0.3 is 0 Å². The van der Waals surface area contributed by atoms with Gasteiger partial charge in [-0.1, -0.05) is 36.9 Å². The van der Waals surface area contributed by atoms with E-state index in [2.05, 4.69) is 26.7 Å². The Balaban J connectivity index is 1.44. The maximum absolute atomic E-state index is 15.4. The van der Waals surface area contributed by atoms with Gasteiger partial charge < -0.3 is 9.80 Å². The minimum Gasteiger partial charge on any atom is -0.357 e. The number of benzene rings is 2. The highest BCUT2D eigenvalue weighted by atomic mass is 32.2. The zero-order valence-corrected chi connectivity index (χ0v) is 21.4. The Bertz CT molecular complexity index is 1420. The van der Waals surface area contributed by atoms with Crippen LogP contribution in [0.25, 0.3) is 11.1 Å². The van der Waals surface area contributed by atoms with Crippen LogP contribution >= 0.6 is 0 Å². The van der Waals surface area contributed by atoms with E-state index < -0.39 is 23.0 Å². The number of hydrogen-bond acceptors (Lipinski definition) is 6. The fraction of sp³-hybridized carbons (Fsp3) is 0.250. The second-order valence-electron chi connectivity index (χ2n) is 9.05. The van der Waals surface area contributed by atoms with Gasteiger partial charge in [-0.05, 0) is 29.8 Å². The van der Waals surface area contributed by atoms with E-state index in [4.69, 9.17) is 0 Å². The van der Waals surface area contributed by atoms with Crippen LogP contribution in [0.2, 0.25) is 0 Å². The molecule has 0 spiro atoms. The quantitative estimate of drug-likeness (QED) is 0.394. The summed E-state index contributed by atoms with van der Waals surface area (Å²) >= 11 is 0. The molecule has 0 radical (unpaired) electrons. The number of rotatable bonds is 8. The molecule has 0 unspecified atom stereocenters. The molecule has 0 amide bonds. The minimum atomic E-state index is -2.69. The molecule has 0 atom stereocenters. The molecule has 1 saturated heterocycles. The Labute approximate surface area is 221 Å². The second kappa shape index (κ2) is 11.3. The number of halogens is 3. The Morgan fingerprint density at radius 3 is 2.50 bits per heavy atom. The molecule has 2 aromatic carbocycles. The van der Waals surface area contributed by atoms with Crippen molar-refractivity contribution in [1.29, 1.82) is 0 Å². The summed E-state index contributed by atoms with van der Waals surface area (Å²) in [5.74, 6) is 1.31. The van der Waals surface area contributed by atoms with Crippen molar-refractivity contribution < 1.29 is 17.4 Å². The molecule has 2 aliphatic rings. The third-order valence-electron chi connectivity index (χ3n) is 6.62. The van der Waals surface area contributed by atoms with Crippen molar-refractivity contribution in [2.75, 3.05) is 29.5 Å². The van der Waals surface area contributed by atoms with Crippen molar-refractivity contribution >= 4 is 27.9 Å². The van der Waals surface area contributed by atoms with E-state index in [1.54, 1.807) is 24.5 Å². The van der Waals surface area contributed by atoms with Gasteiger partial charge in [0, 0.05) is 76.6 Å². The summed E-state index contributed by atoms with van der Waals surface area (Å²) in [4.78, 5) is 8.22. The van der Waals surface area contributed by atoms with Gasteiger partial charge in [-0.25, -0.2) is 13.2 Å². The highest BCUT2D eigenvalue weighted by Crippen LogP contribution is 2.30. The number of aromatic nitrogens is 1. The lowest BCUT2D eigenvalue weighted by molar-refractivity contribution is 0.224. The van der Waals surface area contributed by atoms with Crippen LogP contribution < -0.4 is 4.90 Å². The van der Waals surface area contributed by atoms with Crippen LogP contribution in [0.5, 0.6) is 0 Å². The van der Waals surface area contributed by atoms with E-state index in [1.165, 1.54) is 6.07 Å². The van der Waals surface area contributed by atoms with Gasteiger partial charge in [0.15, 0.2) is 0 Å². The summed E-state index contributed by atoms with van der Waals surface area (Å²) in [6.07, 6.45) is 0.711. The normalized spacial score (nSPS) is 15.9. The highest BCUT2D eigenvalue weighted by molar-refractivity contribution is 7.85. The monoisotopic (exact) mass is 537 g/mol. The van der Waals surface area contributed by atoms with Crippen LogP contribution in [0.4, 0.5) is 18.9 Å².